The number of carbonyl (C=O) groups is 1. The number of nitrogens with zero attached hydrogens (tertiary/aromatic N) is 2. The third-order valence-corrected chi connectivity index (χ3v) is 2.68. The molecule has 1 N–H and O–H groups in total. The van der Waals surface area contributed by atoms with Crippen molar-refractivity contribution < 1.29 is 9.90 Å². The second-order valence-electron chi connectivity index (χ2n) is 4.14. The topological polar surface area (TPSA) is 53.4 Å². The highest BCUT2D eigenvalue weighted by Crippen LogP contribution is 2.22. The molecule has 0 radical (unpaired) electrons. The van der Waals surface area contributed by atoms with E-state index in [0.717, 1.165) is 17.8 Å². The maximum Gasteiger partial charge on any atom is 0.354 e. The van der Waals surface area contributed by atoms with Crippen LogP contribution in [-0.4, -0.2) is 30.2 Å². The molecule has 0 aliphatic heterocycles. The molecule has 1 aromatic heterocycles. The van der Waals surface area contributed by atoms with Crippen molar-refractivity contribution in [2.75, 3.05) is 19.0 Å². The molecular formula is C12H18N2O2. The maximum atomic E-state index is 11.0. The van der Waals surface area contributed by atoms with E-state index in [-0.39, 0.29) is 11.6 Å². The molecule has 1 unspecified atom stereocenters. The van der Waals surface area contributed by atoms with Gasteiger partial charge in [-0.1, -0.05) is 13.8 Å². The lowest BCUT2D eigenvalue weighted by atomic mass is 10.0. The molecule has 0 aliphatic rings. The van der Waals surface area contributed by atoms with E-state index in [1.165, 1.54) is 0 Å². The van der Waals surface area contributed by atoms with Crippen LogP contribution in [0.25, 0.3) is 0 Å². The minimum Gasteiger partial charge on any atom is -0.477 e. The molecule has 88 valence electrons. The highest BCUT2D eigenvalue weighted by Gasteiger charge is 2.13. The van der Waals surface area contributed by atoms with Gasteiger partial charge in [0.1, 0.15) is 0 Å². The van der Waals surface area contributed by atoms with E-state index in [0.29, 0.717) is 0 Å². The Kier molecular flexibility index (Phi) is 3.88. The van der Waals surface area contributed by atoms with Gasteiger partial charge in [0.15, 0.2) is 5.69 Å². The van der Waals surface area contributed by atoms with Crippen LogP contribution in [0.1, 0.15) is 42.4 Å². The van der Waals surface area contributed by atoms with Gasteiger partial charge in [-0.2, -0.15) is 0 Å². The van der Waals surface area contributed by atoms with E-state index in [1.807, 2.05) is 32.0 Å². The summed E-state index contributed by atoms with van der Waals surface area (Å²) >= 11 is 0. The van der Waals surface area contributed by atoms with Crippen LogP contribution in [0.15, 0.2) is 12.1 Å². The quantitative estimate of drug-likeness (QED) is 0.849. The summed E-state index contributed by atoms with van der Waals surface area (Å²) in [6.45, 7) is 4.11. The van der Waals surface area contributed by atoms with Crippen LogP contribution in [0.3, 0.4) is 0 Å². The summed E-state index contributed by atoms with van der Waals surface area (Å²) in [4.78, 5) is 17.0. The summed E-state index contributed by atoms with van der Waals surface area (Å²) in [6.07, 6.45) is 0.947. The lowest BCUT2D eigenvalue weighted by Gasteiger charge is -2.16. The third-order valence-electron chi connectivity index (χ3n) is 2.68. The summed E-state index contributed by atoms with van der Waals surface area (Å²) in [5.41, 5.74) is 1.83. The average Bonchev–Trinajstić information content (AvgIpc) is 2.27. The Bertz CT molecular complexity index is 389. The number of hydrogen-bond acceptors (Lipinski definition) is 3. The predicted octanol–water partition coefficient (Wildman–Crippen LogP) is 2.36. The first-order valence-electron chi connectivity index (χ1n) is 5.38. The number of pyridine rings is 1. The van der Waals surface area contributed by atoms with Crippen molar-refractivity contribution in [1.82, 2.24) is 4.98 Å². The first kappa shape index (κ1) is 12.5. The van der Waals surface area contributed by atoms with Gasteiger partial charge in [-0.05, 0) is 24.5 Å². The molecule has 0 bridgehead atoms. The van der Waals surface area contributed by atoms with Crippen LogP contribution in [0.2, 0.25) is 0 Å². The van der Waals surface area contributed by atoms with E-state index in [4.69, 9.17) is 5.11 Å². The van der Waals surface area contributed by atoms with Gasteiger partial charge in [0.25, 0.3) is 0 Å². The number of hydrogen-bond donors (Lipinski definition) is 1. The van der Waals surface area contributed by atoms with Gasteiger partial charge in [0.2, 0.25) is 0 Å². The van der Waals surface area contributed by atoms with E-state index in [2.05, 4.69) is 11.9 Å². The number of aromatic nitrogens is 1. The van der Waals surface area contributed by atoms with Gasteiger partial charge in [-0.25, -0.2) is 9.78 Å². The van der Waals surface area contributed by atoms with Crippen molar-refractivity contribution >= 4 is 11.7 Å². The number of anilines is 1. The summed E-state index contributed by atoms with van der Waals surface area (Å²) in [5.74, 6) is -0.703. The summed E-state index contributed by atoms with van der Waals surface area (Å²) in [7, 11) is 3.78. The van der Waals surface area contributed by atoms with E-state index < -0.39 is 5.97 Å². The van der Waals surface area contributed by atoms with Gasteiger partial charge >= 0.3 is 5.97 Å². The highest BCUT2D eigenvalue weighted by molar-refractivity contribution is 5.86. The molecule has 0 aliphatic carbocycles. The fourth-order valence-electron chi connectivity index (χ4n) is 1.37. The Hall–Kier alpha value is -1.58. The Morgan fingerprint density at radius 2 is 2.12 bits per heavy atom. The largest absolute Gasteiger partial charge is 0.477 e. The standard InChI is InChI=1S/C12H18N2O2/c1-5-8(2)10-6-9(14(3)4)7-11(13-10)12(15)16/h6-8H,5H2,1-4H3,(H,15,16). The molecule has 1 aromatic rings. The SMILES string of the molecule is CCC(C)c1cc(N(C)C)cc(C(=O)O)n1. The monoisotopic (exact) mass is 222 g/mol. The van der Waals surface area contributed by atoms with Crippen LogP contribution >= 0.6 is 0 Å². The number of rotatable bonds is 4. The van der Waals surface area contributed by atoms with Gasteiger partial charge in [0.05, 0.1) is 0 Å². The van der Waals surface area contributed by atoms with Crippen molar-refractivity contribution in [3.05, 3.63) is 23.5 Å². The van der Waals surface area contributed by atoms with Crippen molar-refractivity contribution in [1.29, 1.82) is 0 Å². The van der Waals surface area contributed by atoms with Gasteiger partial charge < -0.3 is 10.0 Å². The number of aromatic carboxylic acids is 1. The molecule has 1 rings (SSSR count). The summed E-state index contributed by atoms with van der Waals surface area (Å²) in [6, 6.07) is 3.54. The molecule has 1 heterocycles. The molecule has 0 saturated carbocycles. The van der Waals surface area contributed by atoms with Crippen molar-refractivity contribution in [2.24, 2.45) is 0 Å². The fourth-order valence-corrected chi connectivity index (χ4v) is 1.37. The van der Waals surface area contributed by atoms with Crippen LogP contribution in [0.4, 0.5) is 5.69 Å². The minimum absolute atomic E-state index is 0.113. The molecule has 4 nitrogen and oxygen atoms in total. The lowest BCUT2D eigenvalue weighted by molar-refractivity contribution is 0.0690. The van der Waals surface area contributed by atoms with Crippen LogP contribution in [0.5, 0.6) is 0 Å². The molecule has 0 fully saturated rings. The first-order valence-corrected chi connectivity index (χ1v) is 5.38. The van der Waals surface area contributed by atoms with Crippen molar-refractivity contribution in [2.45, 2.75) is 26.2 Å². The zero-order valence-electron chi connectivity index (χ0n) is 10.2. The molecule has 4 heteroatoms. The Morgan fingerprint density at radius 3 is 2.56 bits per heavy atom. The van der Waals surface area contributed by atoms with Crippen LogP contribution in [0, 0.1) is 0 Å². The van der Waals surface area contributed by atoms with Crippen molar-refractivity contribution in [3.8, 4) is 0 Å². The smallest absolute Gasteiger partial charge is 0.354 e. The maximum absolute atomic E-state index is 11.0. The van der Waals surface area contributed by atoms with Gasteiger partial charge in [0, 0.05) is 25.5 Å². The Labute approximate surface area is 95.9 Å². The fraction of sp³-hybridized carbons (Fsp3) is 0.500. The molecule has 1 atom stereocenters. The highest BCUT2D eigenvalue weighted by atomic mass is 16.4. The van der Waals surface area contributed by atoms with Gasteiger partial charge in [-0.15, -0.1) is 0 Å². The Morgan fingerprint density at radius 1 is 1.50 bits per heavy atom. The molecule has 0 aromatic carbocycles. The van der Waals surface area contributed by atoms with Crippen LogP contribution in [-0.2, 0) is 0 Å². The van der Waals surface area contributed by atoms with Gasteiger partial charge in [-0.3, -0.25) is 0 Å². The lowest BCUT2D eigenvalue weighted by Crippen LogP contribution is -2.13. The zero-order chi connectivity index (χ0) is 12.3. The molecule has 16 heavy (non-hydrogen) atoms. The molecular weight excluding hydrogens is 204 g/mol. The minimum atomic E-state index is -0.978. The van der Waals surface area contributed by atoms with E-state index >= 15 is 0 Å². The second kappa shape index (κ2) is 4.96. The molecule has 0 spiro atoms. The number of carboxylic acids is 1. The van der Waals surface area contributed by atoms with E-state index in [9.17, 15) is 4.79 Å². The predicted molar refractivity (Wildman–Crippen MR) is 64.2 cm³/mol. The average molecular weight is 222 g/mol. The number of carboxylic acid groups (broad SMARTS) is 1. The summed E-state index contributed by atoms with van der Waals surface area (Å²) < 4.78 is 0. The molecule has 0 amide bonds. The zero-order valence-corrected chi connectivity index (χ0v) is 10.2. The van der Waals surface area contributed by atoms with E-state index in [1.54, 1.807) is 6.07 Å². The Balaban J connectivity index is 3.24. The summed E-state index contributed by atoms with van der Waals surface area (Å²) in [5, 5.41) is 8.99. The second-order valence-corrected chi connectivity index (χ2v) is 4.14. The van der Waals surface area contributed by atoms with Crippen LogP contribution < -0.4 is 4.90 Å². The molecule has 0 saturated heterocycles. The first-order chi connectivity index (χ1) is 7.45. The van der Waals surface area contributed by atoms with Crippen molar-refractivity contribution in [3.63, 3.8) is 0 Å². The third kappa shape index (κ3) is 2.72. The normalized spacial score (nSPS) is 12.2.